The van der Waals surface area contributed by atoms with E-state index in [4.69, 9.17) is 11.6 Å². The predicted molar refractivity (Wildman–Crippen MR) is 62.5 cm³/mol. The number of nitrogens with zero attached hydrogens (tertiary/aromatic N) is 1. The summed E-state index contributed by atoms with van der Waals surface area (Å²) in [4.78, 5) is 14.4. The first-order valence-electron chi connectivity index (χ1n) is 5.10. The van der Waals surface area contributed by atoms with Crippen LogP contribution < -0.4 is 5.69 Å². The maximum Gasteiger partial charge on any atom is 0.326 e. The molecule has 2 rings (SSSR count). The van der Waals surface area contributed by atoms with Crippen molar-refractivity contribution in [2.45, 2.75) is 26.3 Å². The molecule has 15 heavy (non-hydrogen) atoms. The van der Waals surface area contributed by atoms with Crippen molar-refractivity contribution >= 4 is 22.6 Å². The van der Waals surface area contributed by atoms with Gasteiger partial charge in [-0.05, 0) is 24.6 Å². The molecule has 1 N–H and O–H groups in total. The van der Waals surface area contributed by atoms with Crippen LogP contribution in [0.5, 0.6) is 0 Å². The van der Waals surface area contributed by atoms with Crippen molar-refractivity contribution in [3.05, 3.63) is 33.7 Å². The third-order valence-electron chi connectivity index (χ3n) is 2.47. The van der Waals surface area contributed by atoms with Gasteiger partial charge in [-0.1, -0.05) is 24.9 Å². The first-order chi connectivity index (χ1) is 7.22. The molecule has 0 radical (unpaired) electrons. The fourth-order valence-corrected chi connectivity index (χ4v) is 1.85. The van der Waals surface area contributed by atoms with Crippen molar-refractivity contribution in [3.8, 4) is 0 Å². The number of nitrogens with one attached hydrogen (secondary N) is 1. The van der Waals surface area contributed by atoms with Crippen LogP contribution in [0.1, 0.15) is 19.8 Å². The number of fused-ring (bicyclic) bond motifs is 1. The Morgan fingerprint density at radius 1 is 1.47 bits per heavy atom. The van der Waals surface area contributed by atoms with Crippen LogP contribution in [0, 0.1) is 0 Å². The topological polar surface area (TPSA) is 37.8 Å². The van der Waals surface area contributed by atoms with Gasteiger partial charge in [-0.2, -0.15) is 0 Å². The summed E-state index contributed by atoms with van der Waals surface area (Å²) in [6.07, 6.45) is 2.09. The molecular formula is C11H13ClN2O. The van der Waals surface area contributed by atoms with Crippen LogP contribution in [0.25, 0.3) is 11.0 Å². The molecule has 2 aromatic rings. The van der Waals surface area contributed by atoms with Gasteiger partial charge in [0.2, 0.25) is 0 Å². The second-order valence-corrected chi connectivity index (χ2v) is 4.03. The van der Waals surface area contributed by atoms with Gasteiger partial charge in [0.25, 0.3) is 0 Å². The highest BCUT2D eigenvalue weighted by molar-refractivity contribution is 6.31. The smallest absolute Gasteiger partial charge is 0.305 e. The minimum absolute atomic E-state index is 0.0549. The number of imidazole rings is 1. The molecule has 0 aliphatic carbocycles. The molecule has 4 heteroatoms. The van der Waals surface area contributed by atoms with Gasteiger partial charge in [-0.15, -0.1) is 0 Å². The van der Waals surface area contributed by atoms with Crippen molar-refractivity contribution in [2.24, 2.45) is 0 Å². The van der Waals surface area contributed by atoms with Gasteiger partial charge in [-0.3, -0.25) is 4.57 Å². The molecule has 0 atom stereocenters. The number of aryl methyl sites for hydroxylation is 1. The summed E-state index contributed by atoms with van der Waals surface area (Å²) in [5, 5.41) is 0.645. The van der Waals surface area contributed by atoms with Crippen molar-refractivity contribution in [1.82, 2.24) is 9.55 Å². The number of hydrogen-bond acceptors (Lipinski definition) is 1. The standard InChI is InChI=1S/C11H13ClN2O/c1-2-3-6-14-10-5-4-8(12)7-9(10)13-11(14)15/h4-5,7H,2-3,6H2,1H3,(H,13,15). The van der Waals surface area contributed by atoms with E-state index in [0.717, 1.165) is 30.4 Å². The second-order valence-electron chi connectivity index (χ2n) is 3.60. The zero-order chi connectivity index (χ0) is 10.8. The molecule has 0 fully saturated rings. The number of hydrogen-bond donors (Lipinski definition) is 1. The van der Waals surface area contributed by atoms with E-state index >= 15 is 0 Å². The molecule has 1 aromatic heterocycles. The summed E-state index contributed by atoms with van der Waals surface area (Å²) >= 11 is 5.85. The van der Waals surface area contributed by atoms with Gasteiger partial charge in [-0.25, -0.2) is 4.79 Å². The molecule has 0 saturated carbocycles. The van der Waals surface area contributed by atoms with Crippen LogP contribution in [0.3, 0.4) is 0 Å². The monoisotopic (exact) mass is 224 g/mol. The summed E-state index contributed by atoms with van der Waals surface area (Å²) < 4.78 is 1.76. The average Bonchev–Trinajstić information content (AvgIpc) is 2.50. The van der Waals surface area contributed by atoms with E-state index in [-0.39, 0.29) is 5.69 Å². The number of aromatic nitrogens is 2. The fraction of sp³-hybridized carbons (Fsp3) is 0.364. The highest BCUT2D eigenvalue weighted by Gasteiger charge is 2.05. The van der Waals surface area contributed by atoms with E-state index in [0.29, 0.717) is 5.02 Å². The molecule has 0 amide bonds. The van der Waals surface area contributed by atoms with E-state index < -0.39 is 0 Å². The number of halogens is 1. The molecule has 0 bridgehead atoms. The van der Waals surface area contributed by atoms with Crippen LogP contribution in [0.4, 0.5) is 0 Å². The Balaban J connectivity index is 2.53. The zero-order valence-electron chi connectivity index (χ0n) is 8.59. The summed E-state index contributed by atoms with van der Waals surface area (Å²) in [5.74, 6) is 0. The summed E-state index contributed by atoms with van der Waals surface area (Å²) in [5.41, 5.74) is 1.68. The van der Waals surface area contributed by atoms with E-state index in [2.05, 4.69) is 11.9 Å². The first kappa shape index (κ1) is 10.3. The molecule has 0 spiro atoms. The molecule has 3 nitrogen and oxygen atoms in total. The Kier molecular flexibility index (Phi) is 2.82. The highest BCUT2D eigenvalue weighted by Crippen LogP contribution is 2.16. The summed E-state index contributed by atoms with van der Waals surface area (Å²) in [7, 11) is 0. The number of rotatable bonds is 3. The van der Waals surface area contributed by atoms with E-state index in [1.807, 2.05) is 6.07 Å². The quantitative estimate of drug-likeness (QED) is 0.856. The molecule has 80 valence electrons. The Morgan fingerprint density at radius 3 is 3.00 bits per heavy atom. The van der Waals surface area contributed by atoms with E-state index in [9.17, 15) is 4.79 Å². The Labute approximate surface area is 92.7 Å². The fourth-order valence-electron chi connectivity index (χ4n) is 1.67. The van der Waals surface area contributed by atoms with Crippen molar-refractivity contribution < 1.29 is 0 Å². The lowest BCUT2D eigenvalue weighted by Gasteiger charge is -2.00. The SMILES string of the molecule is CCCCn1c(=O)[nH]c2cc(Cl)ccc21. The van der Waals surface area contributed by atoms with Gasteiger partial charge < -0.3 is 4.98 Å². The Bertz CT molecular complexity index is 527. The summed E-state index contributed by atoms with van der Waals surface area (Å²) in [6, 6.07) is 5.46. The van der Waals surface area contributed by atoms with Crippen molar-refractivity contribution in [1.29, 1.82) is 0 Å². The molecule has 0 unspecified atom stereocenters. The van der Waals surface area contributed by atoms with Crippen LogP contribution in [0.2, 0.25) is 5.02 Å². The largest absolute Gasteiger partial charge is 0.326 e. The van der Waals surface area contributed by atoms with Crippen molar-refractivity contribution in [3.63, 3.8) is 0 Å². The number of aromatic amines is 1. The predicted octanol–water partition coefficient (Wildman–Crippen LogP) is 2.78. The normalized spacial score (nSPS) is 11.1. The van der Waals surface area contributed by atoms with Gasteiger partial charge >= 0.3 is 5.69 Å². The Morgan fingerprint density at radius 2 is 2.27 bits per heavy atom. The number of unbranched alkanes of at least 4 members (excludes halogenated alkanes) is 1. The molecule has 0 aliphatic rings. The zero-order valence-corrected chi connectivity index (χ0v) is 9.34. The highest BCUT2D eigenvalue weighted by atomic mass is 35.5. The van der Waals surface area contributed by atoms with Crippen LogP contribution in [-0.2, 0) is 6.54 Å². The summed E-state index contributed by atoms with van der Waals surface area (Å²) in [6.45, 7) is 2.87. The lowest BCUT2D eigenvalue weighted by Crippen LogP contribution is -2.16. The molecule has 0 saturated heterocycles. The van der Waals surface area contributed by atoms with E-state index in [1.54, 1.807) is 16.7 Å². The first-order valence-corrected chi connectivity index (χ1v) is 5.48. The molecule has 1 heterocycles. The minimum atomic E-state index is -0.0549. The maximum absolute atomic E-state index is 11.6. The van der Waals surface area contributed by atoms with Gasteiger partial charge in [0.05, 0.1) is 11.0 Å². The van der Waals surface area contributed by atoms with Gasteiger partial charge in [0.1, 0.15) is 0 Å². The lowest BCUT2D eigenvalue weighted by molar-refractivity contribution is 0.629. The van der Waals surface area contributed by atoms with E-state index in [1.165, 1.54) is 0 Å². The molecule has 0 aliphatic heterocycles. The third-order valence-corrected chi connectivity index (χ3v) is 2.71. The number of benzene rings is 1. The molecular weight excluding hydrogens is 212 g/mol. The van der Waals surface area contributed by atoms with Crippen molar-refractivity contribution in [2.75, 3.05) is 0 Å². The third kappa shape index (κ3) is 1.92. The minimum Gasteiger partial charge on any atom is -0.305 e. The molecule has 1 aromatic carbocycles. The van der Waals surface area contributed by atoms with Gasteiger partial charge in [0.15, 0.2) is 0 Å². The van der Waals surface area contributed by atoms with Crippen LogP contribution >= 0.6 is 11.6 Å². The lowest BCUT2D eigenvalue weighted by atomic mass is 10.3. The maximum atomic E-state index is 11.6. The number of H-pyrrole nitrogens is 1. The van der Waals surface area contributed by atoms with Gasteiger partial charge in [0, 0.05) is 11.6 Å². The van der Waals surface area contributed by atoms with Crippen LogP contribution in [0.15, 0.2) is 23.0 Å². The second kappa shape index (κ2) is 4.11. The average molecular weight is 225 g/mol. The Hall–Kier alpha value is -1.22. The van der Waals surface area contributed by atoms with Crippen LogP contribution in [-0.4, -0.2) is 9.55 Å².